The Kier molecular flexibility index (Phi) is 2.37. The quantitative estimate of drug-likeness (QED) is 0.698. The van der Waals surface area contributed by atoms with Crippen LogP contribution < -0.4 is 5.73 Å². The molecule has 2 heterocycles. The summed E-state index contributed by atoms with van der Waals surface area (Å²) in [6, 6.07) is 10.9. The molecule has 0 spiro atoms. The van der Waals surface area contributed by atoms with E-state index >= 15 is 0 Å². The van der Waals surface area contributed by atoms with Gasteiger partial charge in [0.1, 0.15) is 5.76 Å². The average Bonchev–Trinajstić information content (AvgIpc) is 2.97. The smallest absolute Gasteiger partial charge is 0.258 e. The Morgan fingerprint density at radius 3 is 2.78 bits per heavy atom. The van der Waals surface area contributed by atoms with E-state index in [4.69, 9.17) is 14.7 Å². The Bertz CT molecular complexity index is 685. The summed E-state index contributed by atoms with van der Waals surface area (Å²) in [7, 11) is 0. The van der Waals surface area contributed by atoms with Crippen LogP contribution in [-0.2, 0) is 0 Å². The highest BCUT2D eigenvalue weighted by Crippen LogP contribution is 2.24. The van der Waals surface area contributed by atoms with Crippen molar-refractivity contribution in [2.45, 2.75) is 6.92 Å². The molecule has 0 unspecified atom stereocenters. The van der Waals surface area contributed by atoms with Crippen LogP contribution in [0.5, 0.6) is 0 Å². The Balaban J connectivity index is 1.99. The monoisotopic (exact) mass is 241 g/mol. The number of hydrogen-bond donors (Lipinski definition) is 1. The van der Waals surface area contributed by atoms with Gasteiger partial charge in [-0.3, -0.25) is 0 Å². The summed E-state index contributed by atoms with van der Waals surface area (Å²) in [5, 5.41) is 3.89. The van der Waals surface area contributed by atoms with E-state index in [9.17, 15) is 0 Å². The first-order chi connectivity index (χ1) is 8.72. The van der Waals surface area contributed by atoms with Gasteiger partial charge in [-0.2, -0.15) is 4.98 Å². The third kappa shape index (κ3) is 1.86. The van der Waals surface area contributed by atoms with Crippen LogP contribution >= 0.6 is 0 Å². The van der Waals surface area contributed by atoms with Crippen LogP contribution in [0.3, 0.4) is 0 Å². The maximum atomic E-state index is 5.71. The van der Waals surface area contributed by atoms with E-state index < -0.39 is 0 Å². The lowest BCUT2D eigenvalue weighted by Gasteiger charge is -1.94. The fraction of sp³-hybridized carbons (Fsp3) is 0.0769. The molecule has 0 amide bonds. The molecular formula is C13H11N3O2. The van der Waals surface area contributed by atoms with Gasteiger partial charge in [-0.1, -0.05) is 11.2 Å². The van der Waals surface area contributed by atoms with Crippen LogP contribution in [0.25, 0.3) is 23.0 Å². The van der Waals surface area contributed by atoms with Crippen molar-refractivity contribution in [3.05, 3.63) is 42.2 Å². The van der Waals surface area contributed by atoms with Crippen molar-refractivity contribution in [3.63, 3.8) is 0 Å². The van der Waals surface area contributed by atoms with Gasteiger partial charge in [0.2, 0.25) is 5.82 Å². The number of nitrogens with zero attached hydrogens (tertiary/aromatic N) is 2. The Morgan fingerprint density at radius 1 is 1.17 bits per heavy atom. The molecule has 90 valence electrons. The zero-order valence-corrected chi connectivity index (χ0v) is 9.75. The minimum atomic E-state index is 0.423. The van der Waals surface area contributed by atoms with Crippen molar-refractivity contribution >= 4 is 5.69 Å². The summed E-state index contributed by atoms with van der Waals surface area (Å²) in [5.41, 5.74) is 7.15. The van der Waals surface area contributed by atoms with E-state index in [1.165, 1.54) is 0 Å². The maximum Gasteiger partial charge on any atom is 0.258 e. The number of hydrogen-bond acceptors (Lipinski definition) is 5. The lowest BCUT2D eigenvalue weighted by atomic mass is 10.2. The first-order valence-electron chi connectivity index (χ1n) is 5.49. The molecule has 3 rings (SSSR count). The molecule has 18 heavy (non-hydrogen) atoms. The number of nitrogen functional groups attached to an aromatic ring is 1. The van der Waals surface area contributed by atoms with E-state index in [-0.39, 0.29) is 0 Å². The van der Waals surface area contributed by atoms with Crippen LogP contribution in [0, 0.1) is 6.92 Å². The van der Waals surface area contributed by atoms with E-state index in [0.717, 1.165) is 11.3 Å². The fourth-order valence-corrected chi connectivity index (χ4v) is 1.67. The molecule has 0 radical (unpaired) electrons. The molecule has 0 aliphatic heterocycles. The normalized spacial score (nSPS) is 10.7. The molecule has 2 N–H and O–H groups in total. The number of anilines is 1. The predicted octanol–water partition coefficient (Wildman–Crippen LogP) is 2.89. The molecule has 0 saturated carbocycles. The number of furan rings is 1. The molecule has 0 saturated heterocycles. The maximum absolute atomic E-state index is 5.71. The predicted molar refractivity (Wildman–Crippen MR) is 66.6 cm³/mol. The van der Waals surface area contributed by atoms with Gasteiger partial charge in [0.25, 0.3) is 5.89 Å². The van der Waals surface area contributed by atoms with Crippen molar-refractivity contribution in [2.24, 2.45) is 0 Å². The zero-order valence-electron chi connectivity index (χ0n) is 9.75. The van der Waals surface area contributed by atoms with Gasteiger partial charge in [0.15, 0.2) is 5.76 Å². The van der Waals surface area contributed by atoms with Crippen LogP contribution in [0.2, 0.25) is 0 Å². The lowest BCUT2D eigenvalue weighted by molar-refractivity contribution is 0.429. The molecule has 3 aromatic rings. The van der Waals surface area contributed by atoms with Gasteiger partial charge >= 0.3 is 0 Å². The summed E-state index contributed by atoms with van der Waals surface area (Å²) in [5.74, 6) is 2.25. The van der Waals surface area contributed by atoms with Crippen molar-refractivity contribution in [2.75, 3.05) is 5.73 Å². The number of benzene rings is 1. The third-order valence-corrected chi connectivity index (χ3v) is 2.52. The van der Waals surface area contributed by atoms with Gasteiger partial charge in [-0.25, -0.2) is 0 Å². The topological polar surface area (TPSA) is 78.1 Å². The van der Waals surface area contributed by atoms with E-state index in [1.54, 1.807) is 12.1 Å². The summed E-state index contributed by atoms with van der Waals surface area (Å²) < 4.78 is 10.6. The minimum Gasteiger partial charge on any atom is -0.458 e. The standard InChI is InChI=1S/C13H11N3O2/c1-8-5-6-11(17-8)12-15-13(18-16-12)9-3-2-4-10(14)7-9/h2-7H,14H2,1H3. The largest absolute Gasteiger partial charge is 0.458 e. The molecule has 0 fully saturated rings. The molecule has 0 aliphatic rings. The Morgan fingerprint density at radius 2 is 2.06 bits per heavy atom. The second-order valence-corrected chi connectivity index (χ2v) is 3.96. The van der Waals surface area contributed by atoms with E-state index in [0.29, 0.717) is 23.2 Å². The number of nitrogens with two attached hydrogens (primary N) is 1. The zero-order chi connectivity index (χ0) is 12.5. The lowest BCUT2D eigenvalue weighted by Crippen LogP contribution is -1.85. The SMILES string of the molecule is Cc1ccc(-c2noc(-c3cccc(N)c3)n2)o1. The van der Waals surface area contributed by atoms with Crippen molar-refractivity contribution in [1.82, 2.24) is 10.1 Å². The first-order valence-corrected chi connectivity index (χ1v) is 5.49. The highest BCUT2D eigenvalue weighted by atomic mass is 16.5. The van der Waals surface area contributed by atoms with Gasteiger partial charge in [0.05, 0.1) is 0 Å². The Hall–Kier alpha value is -2.56. The summed E-state index contributed by atoms with van der Waals surface area (Å²) in [6.45, 7) is 1.86. The van der Waals surface area contributed by atoms with Gasteiger partial charge in [-0.05, 0) is 37.3 Å². The van der Waals surface area contributed by atoms with Crippen LogP contribution in [-0.4, -0.2) is 10.1 Å². The summed E-state index contributed by atoms with van der Waals surface area (Å²) >= 11 is 0. The van der Waals surface area contributed by atoms with Gasteiger partial charge < -0.3 is 14.7 Å². The highest BCUT2D eigenvalue weighted by Gasteiger charge is 2.13. The molecular weight excluding hydrogens is 230 g/mol. The van der Waals surface area contributed by atoms with Crippen molar-refractivity contribution in [1.29, 1.82) is 0 Å². The summed E-state index contributed by atoms with van der Waals surface area (Å²) in [4.78, 5) is 4.28. The number of aryl methyl sites for hydroxylation is 1. The molecule has 5 nitrogen and oxygen atoms in total. The second kappa shape index (κ2) is 4.03. The minimum absolute atomic E-state index is 0.423. The highest BCUT2D eigenvalue weighted by molar-refractivity contribution is 5.61. The number of aromatic nitrogens is 2. The molecule has 5 heteroatoms. The molecule has 0 bridgehead atoms. The fourth-order valence-electron chi connectivity index (χ4n) is 1.67. The summed E-state index contributed by atoms with van der Waals surface area (Å²) in [6.07, 6.45) is 0. The van der Waals surface area contributed by atoms with E-state index in [1.807, 2.05) is 31.2 Å². The molecule has 0 atom stereocenters. The van der Waals surface area contributed by atoms with Crippen molar-refractivity contribution < 1.29 is 8.94 Å². The third-order valence-electron chi connectivity index (χ3n) is 2.52. The second-order valence-electron chi connectivity index (χ2n) is 3.96. The van der Waals surface area contributed by atoms with E-state index in [2.05, 4.69) is 10.1 Å². The van der Waals surface area contributed by atoms with Crippen LogP contribution in [0.4, 0.5) is 5.69 Å². The van der Waals surface area contributed by atoms with Crippen LogP contribution in [0.15, 0.2) is 45.3 Å². The van der Waals surface area contributed by atoms with Gasteiger partial charge in [-0.15, -0.1) is 0 Å². The molecule has 1 aromatic carbocycles. The average molecular weight is 241 g/mol. The van der Waals surface area contributed by atoms with Crippen LogP contribution in [0.1, 0.15) is 5.76 Å². The molecule has 2 aromatic heterocycles. The van der Waals surface area contributed by atoms with Gasteiger partial charge in [0, 0.05) is 11.3 Å². The number of rotatable bonds is 2. The van der Waals surface area contributed by atoms with Crippen molar-refractivity contribution in [3.8, 4) is 23.0 Å². The molecule has 0 aliphatic carbocycles. The first kappa shape index (κ1) is 10.6. The Labute approximate surface area is 103 Å².